The molecular weight excluding hydrogens is 244 g/mol. The maximum Gasteiger partial charge on any atom is 0.151 e. The highest BCUT2D eigenvalue weighted by Crippen LogP contribution is 2.19. The summed E-state index contributed by atoms with van der Waals surface area (Å²) in [4.78, 5) is 8.95. The highest BCUT2D eigenvalue weighted by atomic mass is 35.5. The van der Waals surface area contributed by atoms with E-state index in [1.165, 1.54) is 5.56 Å². The molecule has 2 nitrogen and oxygen atoms in total. The minimum absolute atomic E-state index is 0.484. The molecule has 0 bridgehead atoms. The zero-order valence-electron chi connectivity index (χ0n) is 9.68. The zero-order chi connectivity index (χ0) is 12.4. The average molecular weight is 255 g/mol. The third-order valence-electron chi connectivity index (χ3n) is 2.81. The second-order valence-electron chi connectivity index (χ2n) is 4.11. The monoisotopic (exact) mass is 254 g/mol. The quantitative estimate of drug-likeness (QED) is 0.694. The van der Waals surface area contributed by atoms with Crippen LogP contribution >= 0.6 is 11.6 Å². The second-order valence-corrected chi connectivity index (χ2v) is 4.47. The van der Waals surface area contributed by atoms with Crippen molar-refractivity contribution < 1.29 is 0 Å². The Morgan fingerprint density at radius 1 is 0.778 bits per heavy atom. The van der Waals surface area contributed by atoms with Crippen molar-refractivity contribution in [3.05, 3.63) is 71.0 Å². The van der Waals surface area contributed by atoms with E-state index in [0.717, 1.165) is 16.7 Å². The molecule has 0 spiro atoms. The lowest BCUT2D eigenvalue weighted by Crippen LogP contribution is -1.96. The van der Waals surface area contributed by atoms with Crippen molar-refractivity contribution in [2.45, 2.75) is 6.42 Å². The van der Waals surface area contributed by atoms with E-state index in [-0.39, 0.29) is 0 Å². The Labute approximate surface area is 110 Å². The predicted molar refractivity (Wildman–Crippen MR) is 73.8 cm³/mol. The molecule has 0 N–H and O–H groups in total. The van der Waals surface area contributed by atoms with Gasteiger partial charge in [0.1, 0.15) is 0 Å². The molecule has 1 heterocycles. The molecule has 0 fully saturated rings. The summed E-state index contributed by atoms with van der Waals surface area (Å²) in [6.07, 6.45) is 0.706. The molecule has 3 rings (SSSR count). The van der Waals surface area contributed by atoms with Crippen LogP contribution in [0.3, 0.4) is 0 Å². The summed E-state index contributed by atoms with van der Waals surface area (Å²) in [5.74, 6) is 0. The fourth-order valence-corrected chi connectivity index (χ4v) is 2.12. The fourth-order valence-electron chi connectivity index (χ4n) is 1.92. The number of rotatable bonds is 2. The molecule has 0 aliphatic carbocycles. The summed E-state index contributed by atoms with van der Waals surface area (Å²) in [6.45, 7) is 0. The van der Waals surface area contributed by atoms with E-state index in [4.69, 9.17) is 11.6 Å². The number of nitrogens with zero attached hydrogens (tertiary/aromatic N) is 2. The van der Waals surface area contributed by atoms with Gasteiger partial charge in [0.05, 0.1) is 16.7 Å². The van der Waals surface area contributed by atoms with Crippen molar-refractivity contribution in [1.82, 2.24) is 9.97 Å². The molecule has 3 heteroatoms. The van der Waals surface area contributed by atoms with Crippen LogP contribution in [-0.2, 0) is 6.42 Å². The summed E-state index contributed by atoms with van der Waals surface area (Å²) in [5.41, 5.74) is 3.72. The number of fused-ring (bicyclic) bond motifs is 1. The van der Waals surface area contributed by atoms with E-state index >= 15 is 0 Å². The van der Waals surface area contributed by atoms with Crippen LogP contribution in [0.15, 0.2) is 54.6 Å². The predicted octanol–water partition coefficient (Wildman–Crippen LogP) is 3.87. The van der Waals surface area contributed by atoms with Gasteiger partial charge in [-0.3, -0.25) is 0 Å². The number of para-hydroxylation sites is 2. The van der Waals surface area contributed by atoms with Crippen LogP contribution in [0.5, 0.6) is 0 Å². The molecule has 0 saturated heterocycles. The fraction of sp³-hybridized carbons (Fsp3) is 0.0667. The Balaban J connectivity index is 2.04. The molecule has 0 atom stereocenters. The molecule has 0 aliphatic heterocycles. The Morgan fingerprint density at radius 3 is 2.11 bits per heavy atom. The lowest BCUT2D eigenvalue weighted by molar-refractivity contribution is 1.07. The number of benzene rings is 2. The van der Waals surface area contributed by atoms with Crippen LogP contribution < -0.4 is 0 Å². The Morgan fingerprint density at radius 2 is 1.39 bits per heavy atom. The van der Waals surface area contributed by atoms with Gasteiger partial charge in [-0.15, -0.1) is 0 Å². The van der Waals surface area contributed by atoms with Crippen LogP contribution in [0.25, 0.3) is 11.0 Å². The van der Waals surface area contributed by atoms with Gasteiger partial charge >= 0.3 is 0 Å². The van der Waals surface area contributed by atoms with Gasteiger partial charge in [0.25, 0.3) is 0 Å². The molecular formula is C15H11ClN2. The van der Waals surface area contributed by atoms with Crippen LogP contribution in [0.2, 0.25) is 5.15 Å². The molecule has 88 valence electrons. The molecule has 18 heavy (non-hydrogen) atoms. The Kier molecular flexibility index (Phi) is 2.95. The third-order valence-corrected chi connectivity index (χ3v) is 3.11. The van der Waals surface area contributed by atoms with Crippen molar-refractivity contribution in [3.8, 4) is 0 Å². The molecule has 0 amide bonds. The van der Waals surface area contributed by atoms with E-state index in [0.29, 0.717) is 11.6 Å². The zero-order valence-corrected chi connectivity index (χ0v) is 10.4. The molecule has 0 aliphatic rings. The highest BCUT2D eigenvalue weighted by Gasteiger charge is 2.07. The highest BCUT2D eigenvalue weighted by molar-refractivity contribution is 6.30. The largest absolute Gasteiger partial charge is 0.248 e. The maximum absolute atomic E-state index is 6.18. The van der Waals surface area contributed by atoms with Crippen LogP contribution in [0.4, 0.5) is 0 Å². The first-order chi connectivity index (χ1) is 8.83. The van der Waals surface area contributed by atoms with Crippen molar-refractivity contribution in [1.29, 1.82) is 0 Å². The van der Waals surface area contributed by atoms with Gasteiger partial charge < -0.3 is 0 Å². The van der Waals surface area contributed by atoms with Crippen molar-refractivity contribution >= 4 is 22.6 Å². The minimum atomic E-state index is 0.484. The molecule has 0 radical (unpaired) electrons. The minimum Gasteiger partial charge on any atom is -0.248 e. The molecule has 0 saturated carbocycles. The number of hydrogen-bond donors (Lipinski definition) is 0. The van der Waals surface area contributed by atoms with Gasteiger partial charge in [-0.05, 0) is 17.7 Å². The normalized spacial score (nSPS) is 10.7. The number of halogens is 1. The molecule has 0 unspecified atom stereocenters. The number of aromatic nitrogens is 2. The Hall–Kier alpha value is -1.93. The van der Waals surface area contributed by atoms with Gasteiger partial charge in [0, 0.05) is 6.42 Å². The van der Waals surface area contributed by atoms with E-state index in [1.807, 2.05) is 42.5 Å². The SMILES string of the molecule is Clc1nc2ccccc2nc1Cc1ccccc1. The first-order valence-corrected chi connectivity index (χ1v) is 6.16. The molecule has 3 aromatic rings. The van der Waals surface area contributed by atoms with Crippen molar-refractivity contribution in [2.75, 3.05) is 0 Å². The summed E-state index contributed by atoms with van der Waals surface area (Å²) in [7, 11) is 0. The summed E-state index contributed by atoms with van der Waals surface area (Å²) < 4.78 is 0. The first kappa shape index (κ1) is 11.2. The van der Waals surface area contributed by atoms with Crippen LogP contribution in [0, 0.1) is 0 Å². The summed E-state index contributed by atoms with van der Waals surface area (Å²) in [5, 5.41) is 0.484. The van der Waals surface area contributed by atoms with E-state index < -0.39 is 0 Å². The van der Waals surface area contributed by atoms with Gasteiger partial charge in [-0.2, -0.15) is 0 Å². The van der Waals surface area contributed by atoms with E-state index in [9.17, 15) is 0 Å². The van der Waals surface area contributed by atoms with Gasteiger partial charge in [-0.25, -0.2) is 9.97 Å². The van der Waals surface area contributed by atoms with Crippen molar-refractivity contribution in [2.24, 2.45) is 0 Å². The maximum atomic E-state index is 6.18. The van der Waals surface area contributed by atoms with Crippen LogP contribution in [0.1, 0.15) is 11.3 Å². The van der Waals surface area contributed by atoms with Gasteiger partial charge in [0.2, 0.25) is 0 Å². The average Bonchev–Trinajstić information content (AvgIpc) is 2.41. The summed E-state index contributed by atoms with van der Waals surface area (Å²) in [6, 6.07) is 17.9. The molecule has 1 aromatic heterocycles. The van der Waals surface area contributed by atoms with Crippen molar-refractivity contribution in [3.63, 3.8) is 0 Å². The summed E-state index contributed by atoms with van der Waals surface area (Å²) >= 11 is 6.18. The lowest BCUT2D eigenvalue weighted by atomic mass is 10.1. The second kappa shape index (κ2) is 4.75. The number of hydrogen-bond acceptors (Lipinski definition) is 2. The van der Waals surface area contributed by atoms with Gasteiger partial charge in [0.15, 0.2) is 5.15 Å². The smallest absolute Gasteiger partial charge is 0.151 e. The molecule has 2 aromatic carbocycles. The first-order valence-electron chi connectivity index (χ1n) is 5.78. The van der Waals surface area contributed by atoms with E-state index in [2.05, 4.69) is 22.1 Å². The standard InChI is InChI=1S/C15H11ClN2/c16-15-14(10-11-6-2-1-3-7-11)17-12-8-4-5-9-13(12)18-15/h1-9H,10H2. The Bertz CT molecular complexity index is 680. The van der Waals surface area contributed by atoms with Crippen LogP contribution in [-0.4, -0.2) is 9.97 Å². The lowest BCUT2D eigenvalue weighted by Gasteiger charge is -2.05. The third kappa shape index (κ3) is 2.20. The van der Waals surface area contributed by atoms with E-state index in [1.54, 1.807) is 0 Å². The topological polar surface area (TPSA) is 25.8 Å². The van der Waals surface area contributed by atoms with Gasteiger partial charge in [-0.1, -0.05) is 54.1 Å².